The van der Waals surface area contributed by atoms with Gasteiger partial charge in [0.2, 0.25) is 29.5 Å². The van der Waals surface area contributed by atoms with Crippen LogP contribution >= 0.6 is 0 Å². The van der Waals surface area contributed by atoms with Crippen molar-refractivity contribution in [2.45, 2.75) is 139 Å². The van der Waals surface area contributed by atoms with Crippen LogP contribution in [0.2, 0.25) is 0 Å². The number of hydrogen-bond acceptors (Lipinski definition) is 7. The third-order valence-corrected chi connectivity index (χ3v) is 10.7. The monoisotopic (exact) mass is 756 g/mol. The fraction of sp³-hybridized carbons (Fsp3) is 0.524. The van der Waals surface area contributed by atoms with E-state index in [0.29, 0.717) is 12.8 Å². The number of fused-ring (bicyclic) bond motifs is 1. The Morgan fingerprint density at radius 2 is 1.49 bits per heavy atom. The number of rotatable bonds is 12. The summed E-state index contributed by atoms with van der Waals surface area (Å²) in [5.74, 6) is -3.71. The van der Waals surface area contributed by atoms with Crippen LogP contribution in [0.3, 0.4) is 0 Å². The molecule has 0 radical (unpaired) electrons. The molecule has 2 heterocycles. The number of ether oxygens (including phenoxy) is 1. The van der Waals surface area contributed by atoms with Crippen LogP contribution in [0.5, 0.6) is 0 Å². The van der Waals surface area contributed by atoms with Gasteiger partial charge in [-0.25, -0.2) is 0 Å². The first kappa shape index (κ1) is 41.0. The van der Waals surface area contributed by atoms with E-state index in [4.69, 9.17) is 10.5 Å². The molecule has 0 unspecified atom stereocenters. The molecule has 5 amide bonds. The molecule has 55 heavy (non-hydrogen) atoms. The number of esters is 1. The molecule has 296 valence electrons. The van der Waals surface area contributed by atoms with E-state index in [0.717, 1.165) is 79.8 Å². The first-order valence-corrected chi connectivity index (χ1v) is 19.8. The van der Waals surface area contributed by atoms with E-state index in [1.807, 2.05) is 36.5 Å². The summed E-state index contributed by atoms with van der Waals surface area (Å²) in [4.78, 5) is 84.6. The molecular weight excluding hydrogens is 700 g/mol. The van der Waals surface area contributed by atoms with Crippen LogP contribution < -0.4 is 27.0 Å². The van der Waals surface area contributed by atoms with Crippen LogP contribution in [0.4, 0.5) is 0 Å². The van der Waals surface area contributed by atoms with E-state index in [2.05, 4.69) is 26.3 Å². The lowest BCUT2D eigenvalue weighted by molar-refractivity contribution is -0.152. The fourth-order valence-electron chi connectivity index (χ4n) is 7.55. The van der Waals surface area contributed by atoms with Gasteiger partial charge in [-0.2, -0.15) is 0 Å². The van der Waals surface area contributed by atoms with Gasteiger partial charge < -0.3 is 36.7 Å². The second-order valence-corrected chi connectivity index (χ2v) is 15.3. The van der Waals surface area contributed by atoms with Gasteiger partial charge in [-0.05, 0) is 62.6 Å². The third kappa shape index (κ3) is 12.1. The molecule has 2 fully saturated rings. The van der Waals surface area contributed by atoms with Crippen LogP contribution in [0.1, 0.15) is 108 Å². The zero-order valence-corrected chi connectivity index (χ0v) is 31.8. The molecule has 2 aliphatic rings. The Morgan fingerprint density at radius 1 is 0.836 bits per heavy atom. The molecule has 2 aromatic carbocycles. The number of para-hydroxylation sites is 1. The standard InChI is InChI=1S/C42H56N6O7/c1-42(26-29-27-44-32-21-15-14-20-31(29)32)41(54)47-33(22-12-4-2-3-5-13-23-36(49)48-42)39(52)46-35(25-37(50)55-30-18-10-7-11-19-30)40(53)45-34(38(43)51)24-28-16-8-6-9-17-28/h6,8-9,14-17,20-21,27,30,33-35,44H,2-5,7,10-13,18-19,22-26H2,1H3,(H2,43,51)(H,45,53)(H,46,52)(H,47,54)(H,48,49)/t33-,34-,35-,42+/m0/s1. The number of carbonyl (C=O) groups is 6. The molecule has 1 aliphatic carbocycles. The van der Waals surface area contributed by atoms with Crippen molar-refractivity contribution in [2.24, 2.45) is 5.73 Å². The molecule has 1 saturated heterocycles. The van der Waals surface area contributed by atoms with Gasteiger partial charge in [0.1, 0.15) is 29.8 Å². The SMILES string of the molecule is C[C@]1(Cc2c[nH]c3ccccc23)NC(=O)CCCCCCCC[C@@H](C(=O)N[C@@H](CC(=O)OC2CCCCC2)C(=O)N[C@@H](Cc2ccccc2)C(N)=O)NC1=O. The number of nitrogens with one attached hydrogen (secondary N) is 5. The molecule has 7 N–H and O–H groups in total. The van der Waals surface area contributed by atoms with Crippen molar-refractivity contribution >= 4 is 46.4 Å². The van der Waals surface area contributed by atoms with Crippen LogP contribution in [0, 0.1) is 0 Å². The molecule has 1 saturated carbocycles. The first-order chi connectivity index (χ1) is 26.5. The Hall–Kier alpha value is -5.20. The molecule has 1 aromatic heterocycles. The van der Waals surface area contributed by atoms with Crippen molar-refractivity contribution in [3.63, 3.8) is 0 Å². The van der Waals surface area contributed by atoms with Gasteiger partial charge >= 0.3 is 5.97 Å². The summed E-state index contributed by atoms with van der Waals surface area (Å²) in [6, 6.07) is 13.1. The van der Waals surface area contributed by atoms with Crippen molar-refractivity contribution in [1.82, 2.24) is 26.3 Å². The summed E-state index contributed by atoms with van der Waals surface area (Å²) in [6.07, 6.45) is 11.0. The van der Waals surface area contributed by atoms with Gasteiger partial charge in [0, 0.05) is 36.4 Å². The summed E-state index contributed by atoms with van der Waals surface area (Å²) < 4.78 is 5.72. The minimum atomic E-state index is -1.43. The Kier molecular flexibility index (Phi) is 14.8. The van der Waals surface area contributed by atoms with Crippen molar-refractivity contribution in [1.29, 1.82) is 0 Å². The highest BCUT2D eigenvalue weighted by Crippen LogP contribution is 2.25. The van der Waals surface area contributed by atoms with E-state index >= 15 is 0 Å². The highest BCUT2D eigenvalue weighted by Gasteiger charge is 2.39. The molecule has 1 aliphatic heterocycles. The highest BCUT2D eigenvalue weighted by atomic mass is 16.5. The van der Waals surface area contributed by atoms with Crippen molar-refractivity contribution in [3.05, 3.63) is 71.9 Å². The number of aromatic nitrogens is 1. The van der Waals surface area contributed by atoms with Gasteiger partial charge in [-0.1, -0.05) is 87.1 Å². The lowest BCUT2D eigenvalue weighted by atomic mass is 9.90. The zero-order valence-electron chi connectivity index (χ0n) is 31.8. The second kappa shape index (κ2) is 19.9. The number of primary amides is 1. The maximum atomic E-state index is 14.3. The topological polar surface area (TPSA) is 202 Å². The van der Waals surface area contributed by atoms with Crippen LogP contribution in [-0.4, -0.2) is 70.3 Å². The van der Waals surface area contributed by atoms with Gasteiger partial charge in [0.15, 0.2) is 0 Å². The highest BCUT2D eigenvalue weighted by molar-refractivity contribution is 5.98. The summed E-state index contributed by atoms with van der Waals surface area (Å²) in [7, 11) is 0. The third-order valence-electron chi connectivity index (χ3n) is 10.7. The van der Waals surface area contributed by atoms with Gasteiger partial charge in [0.25, 0.3) is 0 Å². The Morgan fingerprint density at radius 3 is 2.24 bits per heavy atom. The van der Waals surface area contributed by atoms with Crippen molar-refractivity contribution in [3.8, 4) is 0 Å². The Balaban J connectivity index is 1.38. The number of nitrogens with two attached hydrogens (primary N) is 1. The zero-order chi connectivity index (χ0) is 39.2. The number of carbonyl (C=O) groups excluding carboxylic acids is 6. The van der Waals surface area contributed by atoms with E-state index in [9.17, 15) is 28.8 Å². The molecule has 0 spiro atoms. The van der Waals surface area contributed by atoms with E-state index in [1.54, 1.807) is 31.2 Å². The lowest BCUT2D eigenvalue weighted by Gasteiger charge is -2.32. The van der Waals surface area contributed by atoms with Gasteiger partial charge in [-0.3, -0.25) is 28.8 Å². The van der Waals surface area contributed by atoms with Crippen LogP contribution in [0.25, 0.3) is 10.9 Å². The predicted molar refractivity (Wildman–Crippen MR) is 208 cm³/mol. The predicted octanol–water partition coefficient (Wildman–Crippen LogP) is 4.17. The second-order valence-electron chi connectivity index (χ2n) is 15.3. The van der Waals surface area contributed by atoms with E-state index in [-0.39, 0.29) is 37.7 Å². The first-order valence-electron chi connectivity index (χ1n) is 19.8. The number of hydrogen-bond donors (Lipinski definition) is 6. The number of benzene rings is 2. The number of amides is 5. The normalized spacial score (nSPS) is 21.6. The molecule has 4 atom stereocenters. The Bertz CT molecular complexity index is 1790. The quantitative estimate of drug-likeness (QED) is 0.149. The number of H-pyrrole nitrogens is 1. The van der Waals surface area contributed by atoms with Crippen molar-refractivity contribution < 1.29 is 33.5 Å². The molecule has 0 bridgehead atoms. The van der Waals surface area contributed by atoms with Crippen LogP contribution in [0.15, 0.2) is 60.8 Å². The molecular formula is C42H56N6O7. The minimum Gasteiger partial charge on any atom is -0.462 e. The van der Waals surface area contributed by atoms with Crippen LogP contribution in [-0.2, 0) is 46.3 Å². The summed E-state index contributed by atoms with van der Waals surface area (Å²) in [5, 5.41) is 12.1. The molecule has 13 heteroatoms. The fourth-order valence-corrected chi connectivity index (χ4v) is 7.55. The maximum absolute atomic E-state index is 14.3. The Labute approximate surface area is 322 Å². The summed E-state index contributed by atoms with van der Waals surface area (Å²) in [6.45, 7) is 1.65. The smallest absolute Gasteiger partial charge is 0.308 e. The average Bonchev–Trinajstić information content (AvgIpc) is 3.57. The summed E-state index contributed by atoms with van der Waals surface area (Å²) in [5.41, 5.74) is 6.73. The van der Waals surface area contributed by atoms with E-state index in [1.165, 1.54) is 0 Å². The molecule has 13 nitrogen and oxygen atoms in total. The molecule has 5 rings (SSSR count). The molecule has 3 aromatic rings. The van der Waals surface area contributed by atoms with E-state index < -0.39 is 59.7 Å². The van der Waals surface area contributed by atoms with Gasteiger partial charge in [-0.15, -0.1) is 0 Å². The largest absolute Gasteiger partial charge is 0.462 e. The van der Waals surface area contributed by atoms with Crippen molar-refractivity contribution in [2.75, 3.05) is 0 Å². The minimum absolute atomic E-state index is 0.106. The maximum Gasteiger partial charge on any atom is 0.308 e. The lowest BCUT2D eigenvalue weighted by Crippen LogP contribution is -2.62. The number of aromatic amines is 1. The average molecular weight is 757 g/mol. The summed E-state index contributed by atoms with van der Waals surface area (Å²) >= 11 is 0. The van der Waals surface area contributed by atoms with Gasteiger partial charge in [0.05, 0.1) is 6.42 Å².